The summed E-state index contributed by atoms with van der Waals surface area (Å²) in [6.45, 7) is 7.61. The second kappa shape index (κ2) is 6.63. The van der Waals surface area contributed by atoms with Crippen molar-refractivity contribution in [2.75, 3.05) is 0 Å². The van der Waals surface area contributed by atoms with Crippen LogP contribution in [0.5, 0.6) is 0 Å². The van der Waals surface area contributed by atoms with E-state index < -0.39 is 0 Å². The molecule has 0 bridgehead atoms. The number of aromatic nitrogens is 3. The predicted octanol–water partition coefficient (Wildman–Crippen LogP) is 2.12. The Morgan fingerprint density at radius 1 is 1.38 bits per heavy atom. The van der Waals surface area contributed by atoms with Gasteiger partial charge in [-0.1, -0.05) is 27.2 Å². The summed E-state index contributed by atoms with van der Waals surface area (Å²) in [7, 11) is 1.93. The summed E-state index contributed by atoms with van der Waals surface area (Å²) in [6.07, 6.45) is 5.27. The molecular weight excluding hydrogens is 200 g/mol. The SMILES string of the molecule is CCC(C)CC(CC)NCc1ncnn1C. The van der Waals surface area contributed by atoms with Crippen molar-refractivity contribution in [1.82, 2.24) is 20.1 Å². The molecule has 0 amide bonds. The molecule has 0 saturated carbocycles. The van der Waals surface area contributed by atoms with E-state index in [0.717, 1.165) is 18.3 Å². The van der Waals surface area contributed by atoms with Crippen LogP contribution in [0, 0.1) is 5.92 Å². The van der Waals surface area contributed by atoms with Crippen LogP contribution in [0.4, 0.5) is 0 Å². The zero-order valence-corrected chi connectivity index (χ0v) is 10.9. The molecule has 0 aliphatic rings. The molecule has 92 valence electrons. The maximum atomic E-state index is 4.21. The van der Waals surface area contributed by atoms with E-state index in [1.54, 1.807) is 6.33 Å². The van der Waals surface area contributed by atoms with E-state index in [9.17, 15) is 0 Å². The molecule has 1 heterocycles. The second-order valence-electron chi connectivity index (χ2n) is 4.54. The molecule has 0 radical (unpaired) electrons. The van der Waals surface area contributed by atoms with Crippen LogP contribution in [-0.4, -0.2) is 20.8 Å². The second-order valence-corrected chi connectivity index (χ2v) is 4.54. The molecule has 4 nitrogen and oxygen atoms in total. The number of hydrogen-bond donors (Lipinski definition) is 1. The Hall–Kier alpha value is -0.900. The molecular formula is C12H24N4. The van der Waals surface area contributed by atoms with Gasteiger partial charge in [0.15, 0.2) is 0 Å². The van der Waals surface area contributed by atoms with E-state index in [1.807, 2.05) is 11.7 Å². The first-order valence-corrected chi connectivity index (χ1v) is 6.23. The van der Waals surface area contributed by atoms with Gasteiger partial charge in [-0.2, -0.15) is 5.10 Å². The first-order valence-electron chi connectivity index (χ1n) is 6.23. The lowest BCUT2D eigenvalue weighted by Crippen LogP contribution is -2.30. The Balaban J connectivity index is 2.37. The summed E-state index contributed by atoms with van der Waals surface area (Å²) in [6, 6.07) is 0.589. The number of rotatable bonds is 7. The van der Waals surface area contributed by atoms with E-state index >= 15 is 0 Å². The predicted molar refractivity (Wildman–Crippen MR) is 66.0 cm³/mol. The third-order valence-electron chi connectivity index (χ3n) is 3.23. The lowest BCUT2D eigenvalue weighted by Gasteiger charge is -2.19. The van der Waals surface area contributed by atoms with Gasteiger partial charge in [0.1, 0.15) is 12.2 Å². The van der Waals surface area contributed by atoms with E-state index in [-0.39, 0.29) is 0 Å². The molecule has 0 spiro atoms. The smallest absolute Gasteiger partial charge is 0.140 e. The van der Waals surface area contributed by atoms with Crippen molar-refractivity contribution in [3.63, 3.8) is 0 Å². The lowest BCUT2D eigenvalue weighted by molar-refractivity contribution is 0.378. The lowest BCUT2D eigenvalue weighted by atomic mass is 9.98. The van der Waals surface area contributed by atoms with Crippen LogP contribution >= 0.6 is 0 Å². The zero-order chi connectivity index (χ0) is 12.0. The summed E-state index contributed by atoms with van der Waals surface area (Å²) in [5.74, 6) is 1.79. The normalized spacial score (nSPS) is 15.0. The van der Waals surface area contributed by atoms with Gasteiger partial charge in [-0.15, -0.1) is 0 Å². The Morgan fingerprint density at radius 2 is 2.12 bits per heavy atom. The van der Waals surface area contributed by atoms with E-state index in [2.05, 4.69) is 36.2 Å². The quantitative estimate of drug-likeness (QED) is 0.771. The number of aryl methyl sites for hydroxylation is 1. The van der Waals surface area contributed by atoms with Crippen molar-refractivity contribution in [2.24, 2.45) is 13.0 Å². The van der Waals surface area contributed by atoms with Crippen molar-refractivity contribution >= 4 is 0 Å². The summed E-state index contributed by atoms with van der Waals surface area (Å²) in [4.78, 5) is 4.21. The minimum absolute atomic E-state index is 0.589. The zero-order valence-electron chi connectivity index (χ0n) is 10.9. The standard InChI is InChI=1S/C12H24N4/c1-5-10(3)7-11(6-2)13-8-12-14-9-15-16(12)4/h9-11,13H,5-8H2,1-4H3. The maximum absolute atomic E-state index is 4.21. The van der Waals surface area contributed by atoms with Crippen LogP contribution in [0.1, 0.15) is 45.9 Å². The van der Waals surface area contributed by atoms with E-state index in [0.29, 0.717) is 6.04 Å². The summed E-state index contributed by atoms with van der Waals surface area (Å²) in [5.41, 5.74) is 0. The fourth-order valence-electron chi connectivity index (χ4n) is 1.76. The van der Waals surface area contributed by atoms with E-state index in [4.69, 9.17) is 0 Å². The fourth-order valence-corrected chi connectivity index (χ4v) is 1.76. The van der Waals surface area contributed by atoms with Crippen molar-refractivity contribution < 1.29 is 0 Å². The molecule has 0 aliphatic heterocycles. The Kier molecular flexibility index (Phi) is 5.46. The highest BCUT2D eigenvalue weighted by atomic mass is 15.3. The van der Waals surface area contributed by atoms with Gasteiger partial charge in [0.05, 0.1) is 6.54 Å². The van der Waals surface area contributed by atoms with Crippen molar-refractivity contribution in [3.05, 3.63) is 12.2 Å². The molecule has 16 heavy (non-hydrogen) atoms. The molecule has 0 saturated heterocycles. The van der Waals surface area contributed by atoms with Gasteiger partial charge in [-0.05, 0) is 18.8 Å². The average molecular weight is 224 g/mol. The average Bonchev–Trinajstić information content (AvgIpc) is 2.69. The largest absolute Gasteiger partial charge is 0.307 e. The van der Waals surface area contributed by atoms with Crippen molar-refractivity contribution in [2.45, 2.75) is 52.6 Å². The van der Waals surface area contributed by atoms with Gasteiger partial charge in [-0.25, -0.2) is 4.98 Å². The van der Waals surface area contributed by atoms with Gasteiger partial charge < -0.3 is 5.32 Å². The van der Waals surface area contributed by atoms with Gasteiger partial charge in [-0.3, -0.25) is 4.68 Å². The highest BCUT2D eigenvalue weighted by molar-refractivity contribution is 4.83. The Bertz CT molecular complexity index is 295. The summed E-state index contributed by atoms with van der Waals surface area (Å²) in [5, 5.41) is 7.62. The van der Waals surface area contributed by atoms with Gasteiger partial charge in [0, 0.05) is 13.1 Å². The molecule has 2 unspecified atom stereocenters. The number of nitrogens with one attached hydrogen (secondary N) is 1. The summed E-state index contributed by atoms with van der Waals surface area (Å²) < 4.78 is 1.82. The first kappa shape index (κ1) is 13.2. The van der Waals surface area contributed by atoms with Gasteiger partial charge in [0.25, 0.3) is 0 Å². The molecule has 0 fully saturated rings. The molecule has 1 aromatic rings. The first-order chi connectivity index (χ1) is 7.67. The third kappa shape index (κ3) is 3.93. The van der Waals surface area contributed by atoms with Crippen LogP contribution < -0.4 is 5.32 Å². The molecule has 1 rings (SSSR count). The van der Waals surface area contributed by atoms with Crippen LogP contribution in [0.15, 0.2) is 6.33 Å². The minimum atomic E-state index is 0.589. The highest BCUT2D eigenvalue weighted by Crippen LogP contribution is 2.12. The van der Waals surface area contributed by atoms with Crippen LogP contribution in [0.25, 0.3) is 0 Å². The molecule has 0 aliphatic carbocycles. The maximum Gasteiger partial charge on any atom is 0.140 e. The third-order valence-corrected chi connectivity index (χ3v) is 3.23. The van der Waals surface area contributed by atoms with Gasteiger partial charge in [0.2, 0.25) is 0 Å². The molecule has 1 N–H and O–H groups in total. The van der Waals surface area contributed by atoms with Crippen LogP contribution in [0.3, 0.4) is 0 Å². The monoisotopic (exact) mass is 224 g/mol. The minimum Gasteiger partial charge on any atom is -0.307 e. The topological polar surface area (TPSA) is 42.7 Å². The molecule has 2 atom stereocenters. The number of hydrogen-bond acceptors (Lipinski definition) is 3. The molecule has 1 aromatic heterocycles. The van der Waals surface area contributed by atoms with Crippen LogP contribution in [-0.2, 0) is 13.6 Å². The van der Waals surface area contributed by atoms with Crippen LogP contribution in [0.2, 0.25) is 0 Å². The van der Waals surface area contributed by atoms with E-state index in [1.165, 1.54) is 19.3 Å². The fraction of sp³-hybridized carbons (Fsp3) is 0.833. The Labute approximate surface area is 98.5 Å². The van der Waals surface area contributed by atoms with Crippen molar-refractivity contribution in [1.29, 1.82) is 0 Å². The Morgan fingerprint density at radius 3 is 2.62 bits per heavy atom. The van der Waals surface area contributed by atoms with Crippen molar-refractivity contribution in [3.8, 4) is 0 Å². The highest BCUT2D eigenvalue weighted by Gasteiger charge is 2.10. The molecule has 0 aromatic carbocycles. The summed E-state index contributed by atoms with van der Waals surface area (Å²) >= 11 is 0. The molecule has 4 heteroatoms. The number of nitrogens with zero attached hydrogens (tertiary/aromatic N) is 3. The van der Waals surface area contributed by atoms with Gasteiger partial charge >= 0.3 is 0 Å².